The van der Waals surface area contributed by atoms with E-state index in [0.717, 1.165) is 19.6 Å². The fourth-order valence-electron chi connectivity index (χ4n) is 1.86. The lowest BCUT2D eigenvalue weighted by Gasteiger charge is -2.15. The molecule has 0 bridgehead atoms. The summed E-state index contributed by atoms with van der Waals surface area (Å²) < 4.78 is 1.51. The fourth-order valence-corrected chi connectivity index (χ4v) is 2.14. The molecule has 16 heavy (non-hydrogen) atoms. The molecule has 0 aromatic carbocycles. The lowest BCUT2D eigenvalue weighted by molar-refractivity contribution is 0.320. The van der Waals surface area contributed by atoms with E-state index in [9.17, 15) is 4.79 Å². The third kappa shape index (κ3) is 2.56. The Kier molecular flexibility index (Phi) is 3.84. The lowest BCUT2D eigenvalue weighted by atomic mass is 10.4. The van der Waals surface area contributed by atoms with Crippen molar-refractivity contribution in [2.24, 2.45) is 0 Å². The van der Waals surface area contributed by atoms with Crippen LogP contribution >= 0.6 is 23.2 Å². The molecular weight excluding hydrogens is 249 g/mol. The van der Waals surface area contributed by atoms with Crippen LogP contribution in [-0.4, -0.2) is 34.1 Å². The van der Waals surface area contributed by atoms with Gasteiger partial charge in [0.25, 0.3) is 5.56 Å². The minimum absolute atomic E-state index is 0.00517. The molecule has 1 aliphatic rings. The summed E-state index contributed by atoms with van der Waals surface area (Å²) in [5.74, 6) is 0. The van der Waals surface area contributed by atoms with Gasteiger partial charge in [-0.15, -0.1) is 0 Å². The first-order valence-corrected chi connectivity index (χ1v) is 6.07. The zero-order chi connectivity index (χ0) is 11.5. The van der Waals surface area contributed by atoms with Crippen LogP contribution in [0.25, 0.3) is 0 Å². The van der Waals surface area contributed by atoms with Gasteiger partial charge >= 0.3 is 0 Å². The molecule has 88 valence electrons. The largest absolute Gasteiger partial charge is 0.302 e. The maximum Gasteiger partial charge on any atom is 0.273 e. The average Bonchev–Trinajstić information content (AvgIpc) is 2.78. The molecule has 4 nitrogen and oxygen atoms in total. The summed E-state index contributed by atoms with van der Waals surface area (Å²) in [6.45, 7) is 3.70. The summed E-state index contributed by atoms with van der Waals surface area (Å²) in [6.07, 6.45) is 3.94. The second-order valence-electron chi connectivity index (χ2n) is 3.90. The molecular formula is C10H13Cl2N3O. The van der Waals surface area contributed by atoms with E-state index >= 15 is 0 Å². The van der Waals surface area contributed by atoms with E-state index in [2.05, 4.69) is 9.88 Å². The molecule has 0 spiro atoms. The Labute approximate surface area is 104 Å². The van der Waals surface area contributed by atoms with E-state index in [4.69, 9.17) is 23.2 Å². The fraction of sp³-hybridized carbons (Fsp3) is 0.600. The van der Waals surface area contributed by atoms with Crippen molar-refractivity contribution in [2.45, 2.75) is 19.4 Å². The highest BCUT2D eigenvalue weighted by Gasteiger charge is 2.12. The molecule has 0 amide bonds. The smallest absolute Gasteiger partial charge is 0.273 e. The molecule has 2 rings (SSSR count). The number of nitrogens with zero attached hydrogens (tertiary/aromatic N) is 3. The first-order valence-electron chi connectivity index (χ1n) is 5.31. The van der Waals surface area contributed by atoms with Gasteiger partial charge in [-0.25, -0.2) is 4.98 Å². The highest BCUT2D eigenvalue weighted by atomic mass is 35.5. The summed E-state index contributed by atoms with van der Waals surface area (Å²) in [4.78, 5) is 17.9. The van der Waals surface area contributed by atoms with E-state index in [1.807, 2.05) is 0 Å². The van der Waals surface area contributed by atoms with E-state index in [1.54, 1.807) is 0 Å². The van der Waals surface area contributed by atoms with Gasteiger partial charge in [-0.05, 0) is 25.9 Å². The summed E-state index contributed by atoms with van der Waals surface area (Å²) in [5.41, 5.74) is -0.263. The van der Waals surface area contributed by atoms with Gasteiger partial charge in [0.05, 0.1) is 6.33 Å². The summed E-state index contributed by atoms with van der Waals surface area (Å²) in [6, 6.07) is 0. The van der Waals surface area contributed by atoms with E-state index in [1.165, 1.54) is 23.7 Å². The average molecular weight is 262 g/mol. The molecule has 0 saturated carbocycles. The lowest BCUT2D eigenvalue weighted by Crippen LogP contribution is -2.29. The van der Waals surface area contributed by atoms with Gasteiger partial charge in [0.1, 0.15) is 5.02 Å². The van der Waals surface area contributed by atoms with Gasteiger partial charge in [0.15, 0.2) is 5.15 Å². The Hall–Kier alpha value is -0.580. The van der Waals surface area contributed by atoms with Gasteiger partial charge in [-0.2, -0.15) is 0 Å². The summed E-state index contributed by atoms with van der Waals surface area (Å²) in [7, 11) is 0. The van der Waals surface area contributed by atoms with Crippen LogP contribution in [0.1, 0.15) is 12.8 Å². The number of likely N-dealkylation sites (tertiary alicyclic amines) is 1. The Balaban J connectivity index is 2.04. The van der Waals surface area contributed by atoms with Crippen molar-refractivity contribution in [3.63, 3.8) is 0 Å². The van der Waals surface area contributed by atoms with Crippen molar-refractivity contribution < 1.29 is 0 Å². The highest BCUT2D eigenvalue weighted by molar-refractivity contribution is 6.40. The SMILES string of the molecule is O=c1c(Cl)c(Cl)ncn1CCN1CCCC1. The van der Waals surface area contributed by atoms with Crippen LogP contribution in [0.15, 0.2) is 11.1 Å². The molecule has 0 radical (unpaired) electrons. The van der Waals surface area contributed by atoms with Gasteiger partial charge in [-0.1, -0.05) is 23.2 Å². The standard InChI is InChI=1S/C10H13Cl2N3O/c11-8-9(12)13-7-15(10(8)16)6-5-14-3-1-2-4-14/h7H,1-6H2. The van der Waals surface area contributed by atoms with Crippen molar-refractivity contribution in [1.82, 2.24) is 14.5 Å². The summed E-state index contributed by atoms with van der Waals surface area (Å²) >= 11 is 11.4. The second-order valence-corrected chi connectivity index (χ2v) is 4.63. The summed E-state index contributed by atoms with van der Waals surface area (Å²) in [5, 5.41) is 0.0784. The Bertz CT molecular complexity index is 427. The maximum absolute atomic E-state index is 11.7. The van der Waals surface area contributed by atoms with Crippen LogP contribution in [-0.2, 0) is 6.54 Å². The molecule has 0 unspecified atom stereocenters. The highest BCUT2D eigenvalue weighted by Crippen LogP contribution is 2.12. The number of hydrogen-bond acceptors (Lipinski definition) is 3. The molecule has 2 heterocycles. The maximum atomic E-state index is 11.7. The molecule has 0 atom stereocenters. The Morgan fingerprint density at radius 1 is 1.25 bits per heavy atom. The van der Waals surface area contributed by atoms with Gasteiger partial charge in [0.2, 0.25) is 0 Å². The molecule has 1 saturated heterocycles. The van der Waals surface area contributed by atoms with Crippen LogP contribution in [0.2, 0.25) is 10.2 Å². The molecule has 1 aromatic heterocycles. The predicted molar refractivity (Wildman–Crippen MR) is 64.2 cm³/mol. The topological polar surface area (TPSA) is 38.1 Å². The van der Waals surface area contributed by atoms with E-state index in [-0.39, 0.29) is 15.7 Å². The molecule has 1 aliphatic heterocycles. The number of rotatable bonds is 3. The van der Waals surface area contributed by atoms with Gasteiger partial charge in [0, 0.05) is 13.1 Å². The second kappa shape index (κ2) is 5.17. The Morgan fingerprint density at radius 2 is 1.94 bits per heavy atom. The first-order chi connectivity index (χ1) is 7.68. The van der Waals surface area contributed by atoms with Crippen molar-refractivity contribution in [2.75, 3.05) is 19.6 Å². The molecule has 0 aliphatic carbocycles. The van der Waals surface area contributed by atoms with Crippen LogP contribution in [0.5, 0.6) is 0 Å². The van der Waals surface area contributed by atoms with Crippen molar-refractivity contribution in [1.29, 1.82) is 0 Å². The van der Waals surface area contributed by atoms with Gasteiger partial charge in [-0.3, -0.25) is 9.36 Å². The minimum Gasteiger partial charge on any atom is -0.302 e. The van der Waals surface area contributed by atoms with Crippen LogP contribution in [0, 0.1) is 0 Å². The Morgan fingerprint density at radius 3 is 2.62 bits per heavy atom. The van der Waals surface area contributed by atoms with Crippen molar-refractivity contribution >= 4 is 23.2 Å². The monoisotopic (exact) mass is 261 g/mol. The number of hydrogen-bond donors (Lipinski definition) is 0. The molecule has 1 fully saturated rings. The van der Waals surface area contributed by atoms with E-state index in [0.29, 0.717) is 6.54 Å². The van der Waals surface area contributed by atoms with Gasteiger partial charge < -0.3 is 4.90 Å². The molecule has 0 N–H and O–H groups in total. The third-order valence-electron chi connectivity index (χ3n) is 2.80. The molecule has 6 heteroatoms. The predicted octanol–water partition coefficient (Wildman–Crippen LogP) is 1.65. The quantitative estimate of drug-likeness (QED) is 0.777. The normalized spacial score (nSPS) is 16.9. The van der Waals surface area contributed by atoms with Crippen LogP contribution < -0.4 is 5.56 Å². The number of halogens is 2. The number of aromatic nitrogens is 2. The third-order valence-corrected chi connectivity index (χ3v) is 3.52. The van der Waals surface area contributed by atoms with Crippen LogP contribution in [0.3, 0.4) is 0 Å². The first kappa shape index (κ1) is 11.9. The van der Waals surface area contributed by atoms with E-state index < -0.39 is 0 Å². The van der Waals surface area contributed by atoms with Crippen molar-refractivity contribution in [3.8, 4) is 0 Å². The molecule has 1 aromatic rings. The zero-order valence-electron chi connectivity index (χ0n) is 8.83. The van der Waals surface area contributed by atoms with Crippen molar-refractivity contribution in [3.05, 3.63) is 26.9 Å². The van der Waals surface area contributed by atoms with Crippen LogP contribution in [0.4, 0.5) is 0 Å². The minimum atomic E-state index is -0.263. The zero-order valence-corrected chi connectivity index (χ0v) is 10.3.